The molecule has 2 aromatic carbocycles. The molecule has 0 aromatic heterocycles. The standard InChI is InChI=1S/C19H23F3N2O2/c1-25-10-8-24(9-11-26-2)16-6-7-18(23)17(13-16)14-4-3-5-15(12-14)19(20,21)22/h3-7,12-13H,8-11,23H2,1-2H3. The molecule has 26 heavy (non-hydrogen) atoms. The second-order valence-corrected chi connectivity index (χ2v) is 5.82. The van der Waals surface area contributed by atoms with E-state index >= 15 is 0 Å². The summed E-state index contributed by atoms with van der Waals surface area (Å²) in [4.78, 5) is 2.05. The van der Waals surface area contributed by atoms with Gasteiger partial charge in [0.15, 0.2) is 0 Å². The third-order valence-corrected chi connectivity index (χ3v) is 4.03. The predicted octanol–water partition coefficient (Wildman–Crippen LogP) is 4.05. The predicted molar refractivity (Wildman–Crippen MR) is 97.3 cm³/mol. The number of ether oxygens (including phenoxy) is 2. The van der Waals surface area contributed by atoms with Gasteiger partial charge in [-0.25, -0.2) is 0 Å². The van der Waals surface area contributed by atoms with Crippen LogP contribution in [-0.2, 0) is 15.7 Å². The van der Waals surface area contributed by atoms with Crippen molar-refractivity contribution >= 4 is 11.4 Å². The molecule has 7 heteroatoms. The minimum atomic E-state index is -4.40. The fraction of sp³-hybridized carbons (Fsp3) is 0.368. The van der Waals surface area contributed by atoms with Crippen molar-refractivity contribution in [1.29, 1.82) is 0 Å². The van der Waals surface area contributed by atoms with Crippen LogP contribution < -0.4 is 10.6 Å². The van der Waals surface area contributed by atoms with Crippen molar-refractivity contribution in [2.45, 2.75) is 6.18 Å². The second kappa shape index (κ2) is 8.91. The Labute approximate surface area is 151 Å². The normalized spacial score (nSPS) is 11.6. The molecule has 2 aromatic rings. The second-order valence-electron chi connectivity index (χ2n) is 5.82. The van der Waals surface area contributed by atoms with Crippen molar-refractivity contribution in [2.75, 3.05) is 51.2 Å². The van der Waals surface area contributed by atoms with Gasteiger partial charge in [0.25, 0.3) is 0 Å². The third kappa shape index (κ3) is 5.12. The van der Waals surface area contributed by atoms with E-state index in [1.807, 2.05) is 11.0 Å². The maximum absolute atomic E-state index is 13.0. The van der Waals surface area contributed by atoms with Crippen LogP contribution in [0, 0.1) is 0 Å². The fourth-order valence-corrected chi connectivity index (χ4v) is 2.63. The first kappa shape index (κ1) is 20.1. The summed E-state index contributed by atoms with van der Waals surface area (Å²) >= 11 is 0. The summed E-state index contributed by atoms with van der Waals surface area (Å²) < 4.78 is 49.3. The lowest BCUT2D eigenvalue weighted by molar-refractivity contribution is -0.137. The van der Waals surface area contributed by atoms with Crippen molar-refractivity contribution in [1.82, 2.24) is 0 Å². The van der Waals surface area contributed by atoms with Crippen molar-refractivity contribution < 1.29 is 22.6 Å². The zero-order valence-corrected chi connectivity index (χ0v) is 14.8. The Bertz CT molecular complexity index is 712. The highest BCUT2D eigenvalue weighted by Crippen LogP contribution is 2.35. The highest BCUT2D eigenvalue weighted by atomic mass is 19.4. The molecule has 0 atom stereocenters. The molecular weight excluding hydrogens is 345 g/mol. The molecule has 4 nitrogen and oxygen atoms in total. The first-order valence-corrected chi connectivity index (χ1v) is 8.16. The lowest BCUT2D eigenvalue weighted by Crippen LogP contribution is -2.30. The molecule has 0 aliphatic heterocycles. The molecule has 0 amide bonds. The number of alkyl halides is 3. The summed E-state index contributed by atoms with van der Waals surface area (Å²) in [6, 6.07) is 10.5. The van der Waals surface area contributed by atoms with Crippen LogP contribution in [0.3, 0.4) is 0 Å². The van der Waals surface area contributed by atoms with Gasteiger partial charge >= 0.3 is 6.18 Å². The van der Waals surface area contributed by atoms with Crippen LogP contribution in [-0.4, -0.2) is 40.5 Å². The third-order valence-electron chi connectivity index (χ3n) is 4.03. The van der Waals surface area contributed by atoms with E-state index in [1.165, 1.54) is 6.07 Å². The smallest absolute Gasteiger partial charge is 0.398 e. The molecule has 0 aliphatic carbocycles. The lowest BCUT2D eigenvalue weighted by atomic mass is 10.0. The zero-order chi connectivity index (χ0) is 19.2. The molecule has 0 aliphatic rings. The highest BCUT2D eigenvalue weighted by Gasteiger charge is 2.30. The van der Waals surface area contributed by atoms with Crippen LogP contribution in [0.25, 0.3) is 11.1 Å². The van der Waals surface area contributed by atoms with Gasteiger partial charge in [-0.05, 0) is 35.9 Å². The molecule has 0 radical (unpaired) electrons. The Morgan fingerprint density at radius 2 is 1.62 bits per heavy atom. The molecule has 0 spiro atoms. The topological polar surface area (TPSA) is 47.7 Å². The number of methoxy groups -OCH3 is 2. The summed E-state index contributed by atoms with van der Waals surface area (Å²) in [5.74, 6) is 0. The van der Waals surface area contributed by atoms with Crippen molar-refractivity contribution in [2.24, 2.45) is 0 Å². The van der Waals surface area contributed by atoms with Gasteiger partial charge in [0.2, 0.25) is 0 Å². The molecule has 0 heterocycles. The van der Waals surface area contributed by atoms with Crippen molar-refractivity contribution in [3.63, 3.8) is 0 Å². The number of nitrogens with zero attached hydrogens (tertiary/aromatic N) is 1. The zero-order valence-electron chi connectivity index (χ0n) is 14.8. The Kier molecular flexibility index (Phi) is 6.88. The van der Waals surface area contributed by atoms with E-state index in [1.54, 1.807) is 32.4 Å². The molecule has 142 valence electrons. The number of rotatable bonds is 8. The summed E-state index contributed by atoms with van der Waals surface area (Å²) in [6.07, 6.45) is -4.40. The minimum Gasteiger partial charge on any atom is -0.398 e. The SMILES string of the molecule is COCCN(CCOC)c1ccc(N)c(-c2cccc(C(F)(F)F)c2)c1. The van der Waals surface area contributed by atoms with E-state index < -0.39 is 11.7 Å². The van der Waals surface area contributed by atoms with Crippen LogP contribution in [0.1, 0.15) is 5.56 Å². The minimum absolute atomic E-state index is 0.423. The maximum atomic E-state index is 13.0. The number of hydrogen-bond donors (Lipinski definition) is 1. The highest BCUT2D eigenvalue weighted by molar-refractivity contribution is 5.80. The number of nitrogen functional groups attached to an aromatic ring is 1. The van der Waals surface area contributed by atoms with E-state index in [0.717, 1.165) is 17.8 Å². The van der Waals surface area contributed by atoms with Gasteiger partial charge in [-0.1, -0.05) is 12.1 Å². The van der Waals surface area contributed by atoms with E-state index in [4.69, 9.17) is 15.2 Å². The first-order chi connectivity index (χ1) is 12.4. The van der Waals surface area contributed by atoms with E-state index in [9.17, 15) is 13.2 Å². The number of nitrogens with two attached hydrogens (primary N) is 1. The fourth-order valence-electron chi connectivity index (χ4n) is 2.63. The van der Waals surface area contributed by atoms with Crippen LogP contribution >= 0.6 is 0 Å². The van der Waals surface area contributed by atoms with Crippen molar-refractivity contribution in [3.05, 3.63) is 48.0 Å². The summed E-state index contributed by atoms with van der Waals surface area (Å²) in [6.45, 7) is 2.30. The largest absolute Gasteiger partial charge is 0.416 e. The summed E-state index contributed by atoms with van der Waals surface area (Å²) in [5, 5.41) is 0. The molecule has 0 fully saturated rings. The van der Waals surface area contributed by atoms with Crippen LogP contribution in [0.2, 0.25) is 0 Å². The number of halogens is 3. The van der Waals surface area contributed by atoms with Gasteiger partial charge < -0.3 is 20.1 Å². The summed E-state index contributed by atoms with van der Waals surface area (Å²) in [7, 11) is 3.23. The molecule has 2 N–H and O–H groups in total. The van der Waals surface area contributed by atoms with Crippen LogP contribution in [0.15, 0.2) is 42.5 Å². The van der Waals surface area contributed by atoms with Crippen LogP contribution in [0.4, 0.5) is 24.5 Å². The van der Waals surface area contributed by atoms with E-state index in [0.29, 0.717) is 43.1 Å². The van der Waals surface area contributed by atoms with Gasteiger partial charge in [-0.3, -0.25) is 0 Å². The first-order valence-electron chi connectivity index (χ1n) is 8.16. The van der Waals surface area contributed by atoms with Gasteiger partial charge in [0.05, 0.1) is 18.8 Å². The molecular formula is C19H23F3N2O2. The monoisotopic (exact) mass is 368 g/mol. The Balaban J connectivity index is 2.39. The maximum Gasteiger partial charge on any atom is 0.416 e. The average molecular weight is 368 g/mol. The van der Waals surface area contributed by atoms with Crippen molar-refractivity contribution in [3.8, 4) is 11.1 Å². The molecule has 0 unspecified atom stereocenters. The Morgan fingerprint density at radius 1 is 0.962 bits per heavy atom. The Hall–Kier alpha value is -2.25. The Morgan fingerprint density at radius 3 is 2.19 bits per heavy atom. The number of anilines is 2. The number of benzene rings is 2. The van der Waals surface area contributed by atoms with E-state index in [-0.39, 0.29) is 0 Å². The molecule has 0 saturated heterocycles. The molecule has 2 rings (SSSR count). The molecule has 0 bridgehead atoms. The van der Waals surface area contributed by atoms with Crippen LogP contribution in [0.5, 0.6) is 0 Å². The van der Waals surface area contributed by atoms with Gasteiger partial charge in [0, 0.05) is 44.2 Å². The molecule has 0 saturated carbocycles. The van der Waals surface area contributed by atoms with E-state index in [2.05, 4.69) is 0 Å². The van der Waals surface area contributed by atoms with Gasteiger partial charge in [-0.15, -0.1) is 0 Å². The van der Waals surface area contributed by atoms with Gasteiger partial charge in [0.1, 0.15) is 0 Å². The number of hydrogen-bond acceptors (Lipinski definition) is 4. The quantitative estimate of drug-likeness (QED) is 0.714. The lowest BCUT2D eigenvalue weighted by Gasteiger charge is -2.25. The van der Waals surface area contributed by atoms with Gasteiger partial charge in [-0.2, -0.15) is 13.2 Å². The average Bonchev–Trinajstić information content (AvgIpc) is 2.62. The summed E-state index contributed by atoms with van der Waals surface area (Å²) in [5.41, 5.74) is 7.60.